The second-order valence-corrected chi connectivity index (χ2v) is 6.41. The third-order valence-corrected chi connectivity index (χ3v) is 4.57. The number of ether oxygens (including phenoxy) is 1. The highest BCUT2D eigenvalue weighted by Crippen LogP contribution is 2.25. The van der Waals surface area contributed by atoms with Crippen molar-refractivity contribution in [3.05, 3.63) is 65.0 Å². The Labute approximate surface area is 157 Å². The molecule has 0 amide bonds. The highest BCUT2D eigenvalue weighted by atomic mass is 19.1. The summed E-state index contributed by atoms with van der Waals surface area (Å²) in [6.45, 7) is 0.653. The third kappa shape index (κ3) is 2.93. The van der Waals surface area contributed by atoms with Gasteiger partial charge in [-0.3, -0.25) is 4.79 Å². The maximum absolute atomic E-state index is 13.4. The van der Waals surface area contributed by atoms with Gasteiger partial charge >= 0.3 is 0 Å². The van der Waals surface area contributed by atoms with Crippen LogP contribution in [0, 0.1) is 5.82 Å². The van der Waals surface area contributed by atoms with Gasteiger partial charge in [0, 0.05) is 24.5 Å². The lowest BCUT2D eigenvalue weighted by Crippen LogP contribution is -2.37. The molecule has 0 aliphatic carbocycles. The lowest BCUT2D eigenvalue weighted by molar-refractivity contribution is 0.182. The van der Waals surface area contributed by atoms with Gasteiger partial charge in [0.25, 0.3) is 11.6 Å². The Morgan fingerprint density at radius 2 is 2.14 bits per heavy atom. The Morgan fingerprint density at radius 3 is 3.00 bits per heavy atom. The molecule has 1 N–H and O–H groups in total. The number of anilines is 1. The number of hydrogen-bond acceptors (Lipinski definition) is 7. The van der Waals surface area contributed by atoms with Crippen LogP contribution in [0.15, 0.2) is 58.0 Å². The Hall–Kier alpha value is -3.53. The van der Waals surface area contributed by atoms with Crippen LogP contribution in [0.2, 0.25) is 0 Å². The van der Waals surface area contributed by atoms with Crippen LogP contribution in [0.25, 0.3) is 16.9 Å². The van der Waals surface area contributed by atoms with Gasteiger partial charge in [0.05, 0.1) is 19.3 Å². The summed E-state index contributed by atoms with van der Waals surface area (Å²) in [4.78, 5) is 16.7. The van der Waals surface area contributed by atoms with E-state index in [-0.39, 0.29) is 29.5 Å². The van der Waals surface area contributed by atoms with E-state index in [0.717, 1.165) is 0 Å². The Morgan fingerprint density at radius 1 is 1.21 bits per heavy atom. The summed E-state index contributed by atoms with van der Waals surface area (Å²) >= 11 is 0. The lowest BCUT2D eigenvalue weighted by atomic mass is 10.2. The molecule has 3 aromatic heterocycles. The normalized spacial score (nSPS) is 19.3. The van der Waals surface area contributed by atoms with Crippen molar-refractivity contribution >= 4 is 17.1 Å². The predicted octanol–water partition coefficient (Wildman–Crippen LogP) is 1.76. The van der Waals surface area contributed by atoms with Crippen molar-refractivity contribution in [2.75, 3.05) is 18.5 Å². The topological polar surface area (TPSA) is 100 Å². The minimum atomic E-state index is -0.388. The van der Waals surface area contributed by atoms with Gasteiger partial charge in [0.15, 0.2) is 11.4 Å². The number of halogens is 1. The molecule has 28 heavy (non-hydrogen) atoms. The highest BCUT2D eigenvalue weighted by Gasteiger charge is 2.32. The Balaban J connectivity index is 1.45. The van der Waals surface area contributed by atoms with Gasteiger partial charge in [-0.25, -0.2) is 13.8 Å². The van der Waals surface area contributed by atoms with Crippen molar-refractivity contribution < 1.29 is 13.5 Å². The molecule has 0 radical (unpaired) electrons. The molecule has 10 heteroatoms. The molecule has 1 aliphatic heterocycles. The molecule has 9 nitrogen and oxygen atoms in total. The second-order valence-electron chi connectivity index (χ2n) is 6.41. The van der Waals surface area contributed by atoms with Gasteiger partial charge < -0.3 is 14.5 Å². The minimum absolute atomic E-state index is 0.234. The Kier molecular flexibility index (Phi) is 3.90. The molecule has 2 unspecified atom stereocenters. The molecule has 0 spiro atoms. The summed E-state index contributed by atoms with van der Waals surface area (Å²) in [6, 6.07) is 8.53. The van der Waals surface area contributed by atoms with Gasteiger partial charge in [-0.2, -0.15) is 10.1 Å². The number of benzene rings is 1. The zero-order valence-electron chi connectivity index (χ0n) is 14.5. The SMILES string of the molecule is O=c1ccc(-n2cccn2)nn1C1COCC1Nc1nc2cc(F)ccc2o1. The molecule has 1 aliphatic rings. The van der Waals surface area contributed by atoms with E-state index in [9.17, 15) is 9.18 Å². The molecule has 2 atom stereocenters. The quantitative estimate of drug-likeness (QED) is 0.574. The zero-order valence-corrected chi connectivity index (χ0v) is 14.5. The lowest BCUT2D eigenvalue weighted by Gasteiger charge is -2.19. The molecule has 4 heterocycles. The molecule has 5 rings (SSSR count). The molecular weight excluding hydrogens is 367 g/mol. The van der Waals surface area contributed by atoms with Crippen LogP contribution < -0.4 is 10.9 Å². The van der Waals surface area contributed by atoms with Crippen LogP contribution in [0.5, 0.6) is 0 Å². The molecule has 0 bridgehead atoms. The molecule has 1 saturated heterocycles. The standard InChI is InChI=1S/C18H15FN6O3/c19-11-2-3-15-12(8-11)21-18(28-15)22-13-9-27-10-14(13)25-17(26)5-4-16(23-25)24-7-1-6-20-24/h1-8,13-14H,9-10H2,(H,21,22). The van der Waals surface area contributed by atoms with Crippen molar-refractivity contribution in [3.63, 3.8) is 0 Å². The van der Waals surface area contributed by atoms with Crippen LogP contribution in [-0.4, -0.2) is 43.8 Å². The van der Waals surface area contributed by atoms with E-state index < -0.39 is 0 Å². The predicted molar refractivity (Wildman–Crippen MR) is 96.9 cm³/mol. The van der Waals surface area contributed by atoms with Gasteiger partial charge in [-0.05, 0) is 24.3 Å². The summed E-state index contributed by atoms with van der Waals surface area (Å²) in [5.74, 6) is 0.133. The van der Waals surface area contributed by atoms with Crippen molar-refractivity contribution in [3.8, 4) is 5.82 Å². The molecule has 1 fully saturated rings. The van der Waals surface area contributed by atoms with E-state index in [1.54, 1.807) is 29.2 Å². The maximum Gasteiger partial charge on any atom is 0.296 e. The molecule has 142 valence electrons. The van der Waals surface area contributed by atoms with Gasteiger partial charge in [0.2, 0.25) is 0 Å². The van der Waals surface area contributed by atoms with E-state index in [1.165, 1.54) is 28.9 Å². The van der Waals surface area contributed by atoms with E-state index in [4.69, 9.17) is 9.15 Å². The molecular formula is C18H15FN6O3. The number of rotatable bonds is 4. The van der Waals surface area contributed by atoms with Crippen LogP contribution in [0.4, 0.5) is 10.4 Å². The third-order valence-electron chi connectivity index (χ3n) is 4.57. The summed E-state index contributed by atoms with van der Waals surface area (Å²) in [5, 5.41) is 11.7. The van der Waals surface area contributed by atoms with Gasteiger partial charge in [0.1, 0.15) is 17.4 Å². The van der Waals surface area contributed by atoms with E-state index in [1.807, 2.05) is 0 Å². The first-order valence-corrected chi connectivity index (χ1v) is 8.68. The molecule has 1 aromatic carbocycles. The summed E-state index contributed by atoms with van der Waals surface area (Å²) in [6.07, 6.45) is 3.38. The van der Waals surface area contributed by atoms with Gasteiger partial charge in [-0.15, -0.1) is 5.10 Å². The summed E-state index contributed by atoms with van der Waals surface area (Å²) in [7, 11) is 0. The summed E-state index contributed by atoms with van der Waals surface area (Å²) < 4.78 is 27.5. The minimum Gasteiger partial charge on any atom is -0.424 e. The fourth-order valence-corrected chi connectivity index (χ4v) is 3.22. The van der Waals surface area contributed by atoms with Crippen LogP contribution in [0.3, 0.4) is 0 Å². The molecule has 4 aromatic rings. The first-order valence-electron chi connectivity index (χ1n) is 8.68. The number of nitrogens with one attached hydrogen (secondary N) is 1. The largest absolute Gasteiger partial charge is 0.424 e. The van der Waals surface area contributed by atoms with Crippen molar-refractivity contribution in [1.82, 2.24) is 24.5 Å². The van der Waals surface area contributed by atoms with E-state index in [0.29, 0.717) is 30.1 Å². The maximum atomic E-state index is 13.4. The van der Waals surface area contributed by atoms with Crippen molar-refractivity contribution in [2.45, 2.75) is 12.1 Å². The van der Waals surface area contributed by atoms with Crippen molar-refractivity contribution in [1.29, 1.82) is 0 Å². The van der Waals surface area contributed by atoms with Gasteiger partial charge in [-0.1, -0.05) is 0 Å². The monoisotopic (exact) mass is 382 g/mol. The highest BCUT2D eigenvalue weighted by molar-refractivity contribution is 5.74. The summed E-state index contributed by atoms with van der Waals surface area (Å²) in [5.41, 5.74) is 0.627. The number of fused-ring (bicyclic) bond motifs is 1. The van der Waals surface area contributed by atoms with Crippen molar-refractivity contribution in [2.24, 2.45) is 0 Å². The van der Waals surface area contributed by atoms with Crippen LogP contribution in [0.1, 0.15) is 6.04 Å². The smallest absolute Gasteiger partial charge is 0.296 e. The first kappa shape index (κ1) is 16.6. The fourth-order valence-electron chi connectivity index (χ4n) is 3.22. The number of hydrogen-bond donors (Lipinski definition) is 1. The van der Waals surface area contributed by atoms with Crippen LogP contribution >= 0.6 is 0 Å². The van der Waals surface area contributed by atoms with Crippen LogP contribution in [-0.2, 0) is 4.74 Å². The first-order chi connectivity index (χ1) is 13.7. The average Bonchev–Trinajstić information content (AvgIpc) is 3.42. The fraction of sp³-hybridized carbons (Fsp3) is 0.222. The average molecular weight is 382 g/mol. The Bertz CT molecular complexity index is 1190. The van der Waals surface area contributed by atoms with E-state index >= 15 is 0 Å². The number of aromatic nitrogens is 5. The number of oxazole rings is 1. The number of nitrogens with zero attached hydrogens (tertiary/aromatic N) is 5. The van der Waals surface area contributed by atoms with E-state index in [2.05, 4.69) is 20.5 Å². The molecule has 0 saturated carbocycles. The second kappa shape index (κ2) is 6.57. The zero-order chi connectivity index (χ0) is 19.1.